The van der Waals surface area contributed by atoms with E-state index in [1.807, 2.05) is 39.0 Å². The van der Waals surface area contributed by atoms with Crippen molar-refractivity contribution < 1.29 is 19.1 Å². The van der Waals surface area contributed by atoms with Gasteiger partial charge in [0.2, 0.25) is 11.8 Å². The Morgan fingerprint density at radius 3 is 2.69 bits per heavy atom. The van der Waals surface area contributed by atoms with Crippen LogP contribution in [0.4, 0.5) is 10.5 Å². The van der Waals surface area contributed by atoms with Crippen LogP contribution in [0.3, 0.4) is 0 Å². The van der Waals surface area contributed by atoms with Crippen LogP contribution in [-0.2, 0) is 27.3 Å². The van der Waals surface area contributed by atoms with Gasteiger partial charge in [0.05, 0.1) is 6.54 Å². The molecule has 0 saturated carbocycles. The minimum atomic E-state index is -0.539. The predicted octanol–water partition coefficient (Wildman–Crippen LogP) is 2.22. The van der Waals surface area contributed by atoms with Gasteiger partial charge in [0.15, 0.2) is 0 Å². The van der Waals surface area contributed by atoms with E-state index in [1.54, 1.807) is 4.90 Å². The van der Waals surface area contributed by atoms with E-state index in [1.165, 1.54) is 0 Å². The number of carbonyl (C=O) groups is 3. The first kappa shape index (κ1) is 19.5. The van der Waals surface area contributed by atoms with E-state index < -0.39 is 11.5 Å². The van der Waals surface area contributed by atoms with E-state index in [2.05, 4.69) is 17.2 Å². The summed E-state index contributed by atoms with van der Waals surface area (Å²) in [6.07, 6.45) is 1.39. The van der Waals surface area contributed by atoms with Gasteiger partial charge in [-0.3, -0.25) is 9.59 Å². The molecule has 7 heteroatoms. The van der Waals surface area contributed by atoms with Crippen molar-refractivity contribution in [3.63, 3.8) is 0 Å². The van der Waals surface area contributed by atoms with Crippen LogP contribution in [0.25, 0.3) is 0 Å². The molecule has 7 nitrogen and oxygen atoms in total. The molecule has 3 amide bonds. The zero-order chi connectivity index (χ0) is 19.3. The summed E-state index contributed by atoms with van der Waals surface area (Å²) in [6.45, 7) is 9.66. The molecule has 140 valence electrons. The first-order chi connectivity index (χ1) is 12.2. The maximum Gasteiger partial charge on any atom is 0.410 e. The maximum absolute atomic E-state index is 12.2. The molecule has 0 spiro atoms. The smallest absolute Gasteiger partial charge is 0.410 e. The minimum absolute atomic E-state index is 0.126. The molecule has 1 aliphatic heterocycles. The molecular formula is C19H25N3O4. The number of amides is 3. The Labute approximate surface area is 153 Å². The molecule has 1 heterocycles. The van der Waals surface area contributed by atoms with Gasteiger partial charge in [-0.1, -0.05) is 18.7 Å². The number of anilines is 1. The second kappa shape index (κ2) is 8.03. The molecule has 0 bridgehead atoms. The molecule has 0 radical (unpaired) electrons. The summed E-state index contributed by atoms with van der Waals surface area (Å²) in [5, 5.41) is 5.25. The molecule has 26 heavy (non-hydrogen) atoms. The summed E-state index contributed by atoms with van der Waals surface area (Å²) in [5.74, 6) is -0.716. The highest BCUT2D eigenvalue weighted by Gasteiger charge is 2.26. The van der Waals surface area contributed by atoms with Crippen molar-refractivity contribution in [2.45, 2.75) is 39.3 Å². The molecule has 1 aromatic rings. The molecule has 2 rings (SSSR count). The van der Waals surface area contributed by atoms with Gasteiger partial charge >= 0.3 is 6.09 Å². The normalized spacial score (nSPS) is 13.4. The van der Waals surface area contributed by atoms with Crippen molar-refractivity contribution in [1.29, 1.82) is 0 Å². The number of ether oxygens (including phenoxy) is 1. The largest absolute Gasteiger partial charge is 0.444 e. The zero-order valence-corrected chi connectivity index (χ0v) is 15.4. The fraction of sp³-hybridized carbons (Fsp3) is 0.421. The summed E-state index contributed by atoms with van der Waals surface area (Å²) < 4.78 is 5.42. The molecule has 1 aliphatic rings. The zero-order valence-electron chi connectivity index (χ0n) is 15.4. The summed E-state index contributed by atoms with van der Waals surface area (Å²) in [6, 6.07) is 5.57. The van der Waals surface area contributed by atoms with E-state index in [4.69, 9.17) is 4.74 Å². The molecule has 0 fully saturated rings. The van der Waals surface area contributed by atoms with Gasteiger partial charge in [0, 0.05) is 18.8 Å². The average Bonchev–Trinajstić information content (AvgIpc) is 2.58. The van der Waals surface area contributed by atoms with Crippen molar-refractivity contribution in [3.05, 3.63) is 42.0 Å². The quantitative estimate of drug-likeness (QED) is 0.807. The number of hydrogen-bond acceptors (Lipinski definition) is 4. The molecule has 0 aromatic heterocycles. The Balaban J connectivity index is 2.04. The number of carbonyl (C=O) groups excluding carboxylic acids is 3. The van der Waals surface area contributed by atoms with Crippen LogP contribution in [-0.4, -0.2) is 41.5 Å². The number of fused-ring (bicyclic) bond motifs is 1. The van der Waals surface area contributed by atoms with Crippen molar-refractivity contribution in [2.75, 3.05) is 18.4 Å². The highest BCUT2D eigenvalue weighted by molar-refractivity contribution is 5.97. The molecule has 2 N–H and O–H groups in total. The number of hydrogen-bond donors (Lipinski definition) is 2. The monoisotopic (exact) mass is 359 g/mol. The summed E-state index contributed by atoms with van der Waals surface area (Å²) in [4.78, 5) is 37.1. The van der Waals surface area contributed by atoms with E-state index in [-0.39, 0.29) is 18.5 Å². The van der Waals surface area contributed by atoms with Crippen LogP contribution in [0.15, 0.2) is 30.9 Å². The summed E-state index contributed by atoms with van der Waals surface area (Å²) in [5.41, 5.74) is 2.12. The van der Waals surface area contributed by atoms with Gasteiger partial charge in [0.25, 0.3) is 0 Å². The molecule has 0 unspecified atom stereocenters. The Hall–Kier alpha value is -2.83. The Kier molecular flexibility index (Phi) is 6.02. The summed E-state index contributed by atoms with van der Waals surface area (Å²) >= 11 is 0. The van der Waals surface area contributed by atoms with Gasteiger partial charge in [-0.15, -0.1) is 0 Å². The van der Waals surface area contributed by atoms with Crippen LogP contribution in [0.1, 0.15) is 31.9 Å². The molecule has 0 atom stereocenters. The Morgan fingerprint density at radius 1 is 1.31 bits per heavy atom. The third-order valence-corrected chi connectivity index (χ3v) is 3.80. The average molecular weight is 359 g/mol. The van der Waals surface area contributed by atoms with Crippen LogP contribution in [0.5, 0.6) is 0 Å². The van der Waals surface area contributed by atoms with E-state index in [0.29, 0.717) is 25.2 Å². The topological polar surface area (TPSA) is 87.7 Å². The SMILES string of the molecule is C=CC(=O)NCC(=O)Nc1cccc2c1CCN(C(=O)OC(C)(C)C)C2. The first-order valence-electron chi connectivity index (χ1n) is 8.48. The number of rotatable bonds is 4. The highest BCUT2D eigenvalue weighted by atomic mass is 16.6. The third kappa shape index (κ3) is 5.34. The Bertz CT molecular complexity index is 722. The predicted molar refractivity (Wildman–Crippen MR) is 98.6 cm³/mol. The third-order valence-electron chi connectivity index (χ3n) is 3.80. The van der Waals surface area contributed by atoms with Crippen molar-refractivity contribution in [2.24, 2.45) is 0 Å². The fourth-order valence-electron chi connectivity index (χ4n) is 2.64. The van der Waals surface area contributed by atoms with E-state index in [9.17, 15) is 14.4 Å². The molecule has 0 saturated heterocycles. The van der Waals surface area contributed by atoms with Gasteiger partial charge < -0.3 is 20.3 Å². The lowest BCUT2D eigenvalue weighted by atomic mass is 9.98. The first-order valence-corrected chi connectivity index (χ1v) is 8.48. The maximum atomic E-state index is 12.2. The van der Waals surface area contributed by atoms with Crippen molar-refractivity contribution in [1.82, 2.24) is 10.2 Å². The highest BCUT2D eigenvalue weighted by Crippen LogP contribution is 2.27. The molecular weight excluding hydrogens is 334 g/mol. The second-order valence-corrected chi connectivity index (χ2v) is 7.07. The lowest BCUT2D eigenvalue weighted by Crippen LogP contribution is -2.40. The minimum Gasteiger partial charge on any atom is -0.444 e. The van der Waals surface area contributed by atoms with Gasteiger partial charge in [-0.25, -0.2) is 4.79 Å². The second-order valence-electron chi connectivity index (χ2n) is 7.07. The van der Waals surface area contributed by atoms with Gasteiger partial charge in [-0.05, 0) is 50.5 Å². The van der Waals surface area contributed by atoms with Crippen LogP contribution >= 0.6 is 0 Å². The molecule has 0 aliphatic carbocycles. The number of benzene rings is 1. The standard InChI is InChI=1S/C19H25N3O4/c1-5-16(23)20-11-17(24)21-15-8-6-7-13-12-22(10-9-14(13)15)18(25)26-19(2,3)4/h5-8H,1,9-12H2,2-4H3,(H,20,23)(H,21,24). The van der Waals surface area contributed by atoms with Crippen molar-refractivity contribution >= 4 is 23.6 Å². The lowest BCUT2D eigenvalue weighted by Gasteiger charge is -2.32. The fourth-order valence-corrected chi connectivity index (χ4v) is 2.64. The number of nitrogens with zero attached hydrogens (tertiary/aromatic N) is 1. The Morgan fingerprint density at radius 2 is 2.04 bits per heavy atom. The van der Waals surface area contributed by atoms with Crippen LogP contribution in [0.2, 0.25) is 0 Å². The molecule has 1 aromatic carbocycles. The number of nitrogens with one attached hydrogen (secondary N) is 2. The van der Waals surface area contributed by atoms with E-state index >= 15 is 0 Å². The van der Waals surface area contributed by atoms with E-state index in [0.717, 1.165) is 17.2 Å². The van der Waals surface area contributed by atoms with Crippen molar-refractivity contribution in [3.8, 4) is 0 Å². The summed E-state index contributed by atoms with van der Waals surface area (Å²) in [7, 11) is 0. The van der Waals surface area contributed by atoms with Gasteiger partial charge in [-0.2, -0.15) is 0 Å². The van der Waals surface area contributed by atoms with Crippen LogP contribution < -0.4 is 10.6 Å². The van der Waals surface area contributed by atoms with Gasteiger partial charge in [0.1, 0.15) is 5.60 Å². The lowest BCUT2D eigenvalue weighted by molar-refractivity contribution is -0.121. The van der Waals surface area contributed by atoms with Crippen LogP contribution in [0, 0.1) is 0 Å².